The number of aromatic nitrogens is 4. The Morgan fingerprint density at radius 3 is 2.26 bits per heavy atom. The molecule has 4 heteroatoms. The molecule has 3 heterocycles. The van der Waals surface area contributed by atoms with Crippen LogP contribution in [0, 0.1) is 0 Å². The van der Waals surface area contributed by atoms with Gasteiger partial charge in [0.2, 0.25) is 0 Å². The van der Waals surface area contributed by atoms with Gasteiger partial charge >= 0.3 is 0 Å². The molecule has 0 fully saturated rings. The fourth-order valence-electron chi connectivity index (χ4n) is 6.82. The van der Waals surface area contributed by atoms with E-state index in [1.54, 1.807) is 0 Å². The number of nitrogens with zero attached hydrogens (tertiary/aromatic N) is 4. The number of benzene rings is 5. The predicted molar refractivity (Wildman–Crippen MR) is 174 cm³/mol. The molecule has 198 valence electrons. The molecular formula is C38H26N4. The summed E-state index contributed by atoms with van der Waals surface area (Å²) in [6.45, 7) is 0. The van der Waals surface area contributed by atoms with Crippen LogP contribution in [-0.2, 0) is 6.42 Å². The molecule has 0 radical (unpaired) electrons. The van der Waals surface area contributed by atoms with Crippen LogP contribution >= 0.6 is 0 Å². The maximum absolute atomic E-state index is 4.94. The van der Waals surface area contributed by atoms with Crippen molar-refractivity contribution in [1.82, 2.24) is 19.1 Å². The predicted octanol–water partition coefficient (Wildman–Crippen LogP) is 9.30. The van der Waals surface area contributed by atoms with E-state index in [2.05, 4.69) is 117 Å². The molecule has 0 atom stereocenters. The minimum absolute atomic E-state index is 0.883. The topological polar surface area (TPSA) is 35.6 Å². The molecule has 0 aliphatic heterocycles. The first-order chi connectivity index (χ1) is 20.8. The molecule has 5 aromatic carbocycles. The van der Waals surface area contributed by atoms with Crippen molar-refractivity contribution in [2.24, 2.45) is 0 Å². The molecule has 0 saturated carbocycles. The highest BCUT2D eigenvalue weighted by molar-refractivity contribution is 6.23. The molecule has 0 N–H and O–H groups in total. The van der Waals surface area contributed by atoms with Gasteiger partial charge in [-0.25, -0.2) is 4.98 Å². The highest BCUT2D eigenvalue weighted by Crippen LogP contribution is 2.43. The number of para-hydroxylation sites is 4. The van der Waals surface area contributed by atoms with Crippen LogP contribution in [0.2, 0.25) is 0 Å². The van der Waals surface area contributed by atoms with Crippen molar-refractivity contribution in [3.63, 3.8) is 0 Å². The third-order valence-corrected chi connectivity index (χ3v) is 8.60. The summed E-state index contributed by atoms with van der Waals surface area (Å²) in [4.78, 5) is 9.62. The summed E-state index contributed by atoms with van der Waals surface area (Å²) >= 11 is 0. The van der Waals surface area contributed by atoms with E-state index in [0.717, 1.165) is 40.8 Å². The summed E-state index contributed by atoms with van der Waals surface area (Å²) in [7, 11) is 0. The summed E-state index contributed by atoms with van der Waals surface area (Å²) in [6.07, 6.45) is 8.58. The molecule has 42 heavy (non-hydrogen) atoms. The average molecular weight is 539 g/mol. The molecule has 9 rings (SSSR count). The Balaban J connectivity index is 1.33. The van der Waals surface area contributed by atoms with Gasteiger partial charge < -0.3 is 9.13 Å². The van der Waals surface area contributed by atoms with Gasteiger partial charge in [-0.1, -0.05) is 72.8 Å². The first kappa shape index (κ1) is 23.2. The maximum atomic E-state index is 4.94. The van der Waals surface area contributed by atoms with Crippen molar-refractivity contribution < 1.29 is 0 Å². The zero-order valence-electron chi connectivity index (χ0n) is 22.9. The second-order valence-electron chi connectivity index (χ2n) is 11.0. The third kappa shape index (κ3) is 3.36. The molecular weight excluding hydrogens is 512 g/mol. The van der Waals surface area contributed by atoms with Crippen molar-refractivity contribution in [2.45, 2.75) is 12.8 Å². The van der Waals surface area contributed by atoms with E-state index in [-0.39, 0.29) is 0 Å². The molecule has 0 bridgehead atoms. The van der Waals surface area contributed by atoms with Gasteiger partial charge in [-0.15, -0.1) is 0 Å². The molecule has 0 spiro atoms. The molecule has 0 unspecified atom stereocenters. The van der Waals surface area contributed by atoms with Crippen LogP contribution in [0.1, 0.15) is 17.7 Å². The highest BCUT2D eigenvalue weighted by Gasteiger charge is 2.24. The van der Waals surface area contributed by atoms with E-state index in [9.17, 15) is 0 Å². The lowest BCUT2D eigenvalue weighted by molar-refractivity contribution is 0.888. The lowest BCUT2D eigenvalue weighted by Gasteiger charge is -2.14. The van der Waals surface area contributed by atoms with Gasteiger partial charge in [0, 0.05) is 44.4 Å². The van der Waals surface area contributed by atoms with Gasteiger partial charge in [-0.3, -0.25) is 4.98 Å². The lowest BCUT2D eigenvalue weighted by Crippen LogP contribution is -2.03. The largest absolute Gasteiger partial charge is 0.313 e. The molecule has 8 aromatic rings. The molecule has 0 saturated heterocycles. The summed E-state index contributed by atoms with van der Waals surface area (Å²) in [5.74, 6) is 0. The van der Waals surface area contributed by atoms with E-state index < -0.39 is 0 Å². The zero-order valence-corrected chi connectivity index (χ0v) is 22.9. The van der Waals surface area contributed by atoms with Gasteiger partial charge in [0.25, 0.3) is 0 Å². The molecule has 4 nitrogen and oxygen atoms in total. The van der Waals surface area contributed by atoms with Crippen molar-refractivity contribution >= 4 is 49.8 Å². The van der Waals surface area contributed by atoms with Crippen molar-refractivity contribution in [3.05, 3.63) is 139 Å². The Labute approximate surface area is 242 Å². The Morgan fingerprint density at radius 1 is 0.595 bits per heavy atom. The Bertz CT molecular complexity index is 2360. The van der Waals surface area contributed by atoms with Gasteiger partial charge in [-0.05, 0) is 67.4 Å². The van der Waals surface area contributed by atoms with Crippen LogP contribution in [0.15, 0.2) is 128 Å². The smallest absolute Gasteiger partial charge is 0.0894 e. The zero-order chi connectivity index (χ0) is 27.6. The number of hydrogen-bond acceptors (Lipinski definition) is 2. The number of allylic oxidation sites excluding steroid dienone is 1. The second kappa shape index (κ2) is 9.02. The van der Waals surface area contributed by atoms with E-state index >= 15 is 0 Å². The molecule has 3 aromatic heterocycles. The molecule has 1 aliphatic carbocycles. The summed E-state index contributed by atoms with van der Waals surface area (Å²) in [5, 5.41) is 3.91. The van der Waals surface area contributed by atoms with E-state index in [0.29, 0.717) is 0 Å². The molecule has 1 aliphatic rings. The average Bonchev–Trinajstić information content (AvgIpc) is 3.58. The monoisotopic (exact) mass is 538 g/mol. The van der Waals surface area contributed by atoms with Crippen molar-refractivity contribution in [3.8, 4) is 22.6 Å². The quantitative estimate of drug-likeness (QED) is 0.225. The number of rotatable bonds is 3. The minimum atomic E-state index is 0.883. The first-order valence-corrected chi connectivity index (χ1v) is 14.5. The van der Waals surface area contributed by atoms with E-state index in [1.807, 2.05) is 30.5 Å². The van der Waals surface area contributed by atoms with Crippen LogP contribution in [-0.4, -0.2) is 19.1 Å². The Morgan fingerprint density at radius 2 is 1.36 bits per heavy atom. The van der Waals surface area contributed by atoms with Gasteiger partial charge in [0.1, 0.15) is 0 Å². The van der Waals surface area contributed by atoms with Crippen LogP contribution in [0.5, 0.6) is 0 Å². The van der Waals surface area contributed by atoms with E-state index in [4.69, 9.17) is 4.98 Å². The fourth-order valence-corrected chi connectivity index (χ4v) is 6.82. The maximum Gasteiger partial charge on any atom is 0.0894 e. The number of hydrogen-bond donors (Lipinski definition) is 0. The minimum Gasteiger partial charge on any atom is -0.313 e. The van der Waals surface area contributed by atoms with Gasteiger partial charge in [-0.2, -0.15) is 0 Å². The summed E-state index contributed by atoms with van der Waals surface area (Å²) in [6, 6.07) is 40.9. The second-order valence-corrected chi connectivity index (χ2v) is 11.0. The van der Waals surface area contributed by atoms with Crippen LogP contribution in [0.4, 0.5) is 0 Å². The van der Waals surface area contributed by atoms with Crippen LogP contribution in [0.3, 0.4) is 0 Å². The van der Waals surface area contributed by atoms with Crippen molar-refractivity contribution in [1.29, 1.82) is 0 Å². The SMILES string of the molecule is C1=Cc2c(n(-c3cccc(-c4cnc5ccccc5n4)c3)c3ccc4c(c5ccccc5n4-c4ccccc4)c23)CC1. The van der Waals surface area contributed by atoms with Crippen LogP contribution in [0.25, 0.3) is 72.5 Å². The van der Waals surface area contributed by atoms with Crippen molar-refractivity contribution in [2.75, 3.05) is 0 Å². The standard InChI is InChI=1S/C38H26N4/c1-2-12-26(13-3-1)41-33-19-8-4-15-28(33)37-35(41)21-22-36-38(37)29-16-5-9-20-34(29)42(36)27-14-10-11-25(23-27)32-24-39-30-17-6-7-18-31(30)40-32/h1-8,10-19,21-24H,9,20H2. The third-order valence-electron chi connectivity index (χ3n) is 8.60. The van der Waals surface area contributed by atoms with Gasteiger partial charge in [0.05, 0.1) is 39.5 Å². The number of fused-ring (bicyclic) bond motifs is 8. The first-order valence-electron chi connectivity index (χ1n) is 14.5. The summed E-state index contributed by atoms with van der Waals surface area (Å²) in [5.41, 5.74) is 12.5. The van der Waals surface area contributed by atoms with Crippen LogP contribution < -0.4 is 0 Å². The fraction of sp³-hybridized carbons (Fsp3) is 0.0526. The Kier molecular flexibility index (Phi) is 4.99. The molecule has 0 amide bonds. The van der Waals surface area contributed by atoms with Gasteiger partial charge in [0.15, 0.2) is 0 Å². The summed E-state index contributed by atoms with van der Waals surface area (Å²) < 4.78 is 4.87. The Hall–Kier alpha value is -5.48. The highest BCUT2D eigenvalue weighted by atomic mass is 15.0. The van der Waals surface area contributed by atoms with E-state index in [1.165, 1.54) is 49.7 Å². The normalized spacial score (nSPS) is 13.0. The lowest BCUT2D eigenvalue weighted by atomic mass is 9.99.